The summed E-state index contributed by atoms with van der Waals surface area (Å²) in [6.07, 6.45) is 5.61. The van der Waals surface area contributed by atoms with Crippen molar-refractivity contribution >= 4 is 11.6 Å². The number of nitrogens with one attached hydrogen (secondary N) is 1. The van der Waals surface area contributed by atoms with E-state index in [-0.39, 0.29) is 5.91 Å². The maximum absolute atomic E-state index is 12.9. The number of carbonyl (C=O) groups excluding carboxylic acids is 1. The highest BCUT2D eigenvalue weighted by atomic mass is 16.2. The third-order valence-corrected chi connectivity index (χ3v) is 5.63. The van der Waals surface area contributed by atoms with Crippen LogP contribution in [0, 0.1) is 6.92 Å². The van der Waals surface area contributed by atoms with Gasteiger partial charge in [-0.25, -0.2) is 4.98 Å². The van der Waals surface area contributed by atoms with Crippen LogP contribution in [-0.4, -0.2) is 54.6 Å². The van der Waals surface area contributed by atoms with Gasteiger partial charge < -0.3 is 19.2 Å². The van der Waals surface area contributed by atoms with E-state index in [1.807, 2.05) is 40.8 Å². The Morgan fingerprint density at radius 2 is 2.07 bits per heavy atom. The molecule has 0 unspecified atom stereocenters. The molecular formula is C19H23N7O. The number of likely N-dealkylation sites (tertiary alicyclic amines) is 1. The summed E-state index contributed by atoms with van der Waals surface area (Å²) in [6, 6.07) is 4.01. The van der Waals surface area contributed by atoms with Crippen LogP contribution in [0.4, 0.5) is 0 Å². The molecule has 0 aliphatic carbocycles. The number of nitrogens with zero attached hydrogens (tertiary/aromatic N) is 6. The number of rotatable bonds is 2. The molecule has 1 saturated heterocycles. The smallest absolute Gasteiger partial charge is 0.274 e. The third kappa shape index (κ3) is 2.90. The second-order valence-corrected chi connectivity index (χ2v) is 7.47. The minimum absolute atomic E-state index is 0.0160. The van der Waals surface area contributed by atoms with Crippen molar-refractivity contribution in [1.82, 2.24) is 34.4 Å². The molecule has 0 atom stereocenters. The van der Waals surface area contributed by atoms with Gasteiger partial charge in [0.15, 0.2) is 0 Å². The van der Waals surface area contributed by atoms with E-state index in [0.29, 0.717) is 11.6 Å². The number of hydrogen-bond donors (Lipinski definition) is 1. The molecule has 5 heterocycles. The van der Waals surface area contributed by atoms with Crippen LogP contribution in [0.5, 0.6) is 0 Å². The van der Waals surface area contributed by atoms with Gasteiger partial charge in [-0.2, -0.15) is 0 Å². The van der Waals surface area contributed by atoms with Crippen LogP contribution in [0.1, 0.15) is 46.5 Å². The molecule has 0 bridgehead atoms. The van der Waals surface area contributed by atoms with E-state index in [2.05, 4.69) is 25.1 Å². The number of fused-ring (bicyclic) bond motifs is 2. The largest absolute Gasteiger partial charge is 0.337 e. The first kappa shape index (κ1) is 16.4. The Labute approximate surface area is 157 Å². The molecule has 0 aromatic carbocycles. The van der Waals surface area contributed by atoms with Crippen molar-refractivity contribution in [3.63, 3.8) is 0 Å². The molecule has 0 spiro atoms. The predicted molar refractivity (Wildman–Crippen MR) is 99.5 cm³/mol. The second-order valence-electron chi connectivity index (χ2n) is 7.47. The molecule has 140 valence electrons. The Hall–Kier alpha value is -2.74. The quantitative estimate of drug-likeness (QED) is 0.742. The van der Waals surface area contributed by atoms with Crippen molar-refractivity contribution in [2.75, 3.05) is 19.6 Å². The number of aryl methyl sites for hydroxylation is 1. The highest BCUT2D eigenvalue weighted by molar-refractivity contribution is 5.93. The fourth-order valence-corrected chi connectivity index (χ4v) is 4.11. The number of carbonyl (C=O) groups is 1. The van der Waals surface area contributed by atoms with Gasteiger partial charge in [-0.1, -0.05) is 0 Å². The van der Waals surface area contributed by atoms with Crippen LogP contribution in [-0.2, 0) is 13.1 Å². The zero-order chi connectivity index (χ0) is 18.4. The average Bonchev–Trinajstić information content (AvgIpc) is 3.31. The molecule has 8 heteroatoms. The van der Waals surface area contributed by atoms with Crippen LogP contribution < -0.4 is 5.32 Å². The van der Waals surface area contributed by atoms with Crippen molar-refractivity contribution in [2.45, 2.75) is 38.8 Å². The standard InChI is InChI=1S/C19H23N7O/c1-13-2-6-25-12-15(21-16(25)10-13)19(27)24-7-3-14(4-8-24)18-23-22-17-11-20-5-9-26(17)18/h2,6,10,12,14,20H,3-5,7-9,11H2,1H3. The van der Waals surface area contributed by atoms with Crippen molar-refractivity contribution in [1.29, 1.82) is 0 Å². The molecule has 0 radical (unpaired) electrons. The molecule has 5 rings (SSSR count). The third-order valence-electron chi connectivity index (χ3n) is 5.63. The minimum Gasteiger partial charge on any atom is -0.337 e. The summed E-state index contributed by atoms with van der Waals surface area (Å²) in [5, 5.41) is 12.1. The molecule has 3 aromatic heterocycles. The van der Waals surface area contributed by atoms with Crippen LogP contribution in [0.3, 0.4) is 0 Å². The van der Waals surface area contributed by atoms with Gasteiger partial charge in [0.05, 0.1) is 6.54 Å². The van der Waals surface area contributed by atoms with Crippen LogP contribution in [0.2, 0.25) is 0 Å². The van der Waals surface area contributed by atoms with E-state index >= 15 is 0 Å². The van der Waals surface area contributed by atoms with Gasteiger partial charge in [0.1, 0.15) is 23.0 Å². The Morgan fingerprint density at radius 1 is 1.22 bits per heavy atom. The van der Waals surface area contributed by atoms with Crippen molar-refractivity contribution in [3.8, 4) is 0 Å². The number of piperidine rings is 1. The van der Waals surface area contributed by atoms with Gasteiger partial charge >= 0.3 is 0 Å². The van der Waals surface area contributed by atoms with Crippen LogP contribution in [0.15, 0.2) is 24.5 Å². The lowest BCUT2D eigenvalue weighted by Gasteiger charge is -2.31. The lowest BCUT2D eigenvalue weighted by Crippen LogP contribution is -2.39. The maximum atomic E-state index is 12.9. The molecule has 0 saturated carbocycles. The van der Waals surface area contributed by atoms with Gasteiger partial charge in [0.25, 0.3) is 5.91 Å². The summed E-state index contributed by atoms with van der Waals surface area (Å²) in [4.78, 5) is 19.3. The SMILES string of the molecule is Cc1ccn2cc(C(=O)N3CCC(c4nnc5n4CCNC5)CC3)nc2c1. The number of amides is 1. The number of hydrogen-bond acceptors (Lipinski definition) is 5. The molecule has 1 fully saturated rings. The number of aromatic nitrogens is 5. The van der Waals surface area contributed by atoms with Gasteiger partial charge in [-0.3, -0.25) is 4.79 Å². The van der Waals surface area contributed by atoms with Gasteiger partial charge in [-0.15, -0.1) is 10.2 Å². The highest BCUT2D eigenvalue weighted by Crippen LogP contribution is 2.28. The molecule has 2 aliphatic heterocycles. The second kappa shape index (κ2) is 6.45. The molecule has 1 amide bonds. The number of pyridine rings is 1. The van der Waals surface area contributed by atoms with Crippen LogP contribution in [0.25, 0.3) is 5.65 Å². The molecular weight excluding hydrogens is 342 g/mol. The summed E-state index contributed by atoms with van der Waals surface area (Å²) < 4.78 is 4.16. The summed E-state index contributed by atoms with van der Waals surface area (Å²) in [7, 11) is 0. The van der Waals surface area contributed by atoms with Crippen LogP contribution >= 0.6 is 0 Å². The summed E-state index contributed by atoms with van der Waals surface area (Å²) in [6.45, 7) is 6.17. The molecule has 2 aliphatic rings. The van der Waals surface area contributed by atoms with Gasteiger partial charge in [0, 0.05) is 44.5 Å². The normalized spacial score (nSPS) is 18.0. The van der Waals surface area contributed by atoms with E-state index < -0.39 is 0 Å². The topological polar surface area (TPSA) is 80.3 Å². The van der Waals surface area contributed by atoms with Crippen molar-refractivity contribution in [3.05, 3.63) is 47.4 Å². The monoisotopic (exact) mass is 365 g/mol. The van der Waals surface area contributed by atoms with Crippen molar-refractivity contribution in [2.24, 2.45) is 0 Å². The van der Waals surface area contributed by atoms with E-state index in [0.717, 1.165) is 68.4 Å². The zero-order valence-electron chi connectivity index (χ0n) is 15.4. The molecule has 8 nitrogen and oxygen atoms in total. The first-order valence-corrected chi connectivity index (χ1v) is 9.56. The lowest BCUT2D eigenvalue weighted by molar-refractivity contribution is 0.0705. The van der Waals surface area contributed by atoms with E-state index in [1.54, 1.807) is 0 Å². The summed E-state index contributed by atoms with van der Waals surface area (Å²) in [5.41, 5.74) is 2.47. The fourth-order valence-electron chi connectivity index (χ4n) is 4.11. The number of imidazole rings is 1. The Morgan fingerprint density at radius 3 is 2.93 bits per heavy atom. The summed E-state index contributed by atoms with van der Waals surface area (Å²) >= 11 is 0. The van der Waals surface area contributed by atoms with E-state index in [1.165, 1.54) is 0 Å². The van der Waals surface area contributed by atoms with Gasteiger partial charge in [-0.05, 0) is 37.5 Å². The Balaban J connectivity index is 1.29. The average molecular weight is 365 g/mol. The van der Waals surface area contributed by atoms with E-state index in [4.69, 9.17) is 0 Å². The summed E-state index contributed by atoms with van der Waals surface area (Å²) in [5.74, 6) is 2.50. The first-order valence-electron chi connectivity index (χ1n) is 9.56. The maximum Gasteiger partial charge on any atom is 0.274 e. The fraction of sp³-hybridized carbons (Fsp3) is 0.474. The van der Waals surface area contributed by atoms with Crippen molar-refractivity contribution < 1.29 is 4.79 Å². The van der Waals surface area contributed by atoms with E-state index in [9.17, 15) is 4.79 Å². The lowest BCUT2D eigenvalue weighted by atomic mass is 9.95. The highest BCUT2D eigenvalue weighted by Gasteiger charge is 2.29. The first-order chi connectivity index (χ1) is 13.2. The Kier molecular flexibility index (Phi) is 3.93. The zero-order valence-corrected chi connectivity index (χ0v) is 15.4. The molecule has 1 N–H and O–H groups in total. The molecule has 27 heavy (non-hydrogen) atoms. The molecule has 3 aromatic rings. The van der Waals surface area contributed by atoms with Gasteiger partial charge in [0.2, 0.25) is 0 Å². The predicted octanol–water partition coefficient (Wildman–Crippen LogP) is 1.36. The Bertz CT molecular complexity index is 997. The minimum atomic E-state index is 0.0160.